The molecular formula is C28H26ClN5O2. The second-order valence-corrected chi connectivity index (χ2v) is 9.05. The minimum Gasteiger partial charge on any atom is -0.336 e. The fourth-order valence-electron chi connectivity index (χ4n) is 4.35. The van der Waals surface area contributed by atoms with Crippen LogP contribution in [0.15, 0.2) is 91.1 Å². The van der Waals surface area contributed by atoms with Gasteiger partial charge in [0.05, 0.1) is 34.8 Å². The van der Waals surface area contributed by atoms with Crippen molar-refractivity contribution in [3.63, 3.8) is 0 Å². The summed E-state index contributed by atoms with van der Waals surface area (Å²) < 4.78 is 1.85. The van der Waals surface area contributed by atoms with Crippen molar-refractivity contribution in [2.75, 3.05) is 38.0 Å². The number of nitrogens with one attached hydrogen (secondary N) is 1. The molecule has 182 valence electrons. The molecule has 1 aliphatic rings. The van der Waals surface area contributed by atoms with Gasteiger partial charge < -0.3 is 10.2 Å². The van der Waals surface area contributed by atoms with Crippen molar-refractivity contribution in [1.29, 1.82) is 0 Å². The lowest BCUT2D eigenvalue weighted by atomic mass is 10.1. The Balaban J connectivity index is 1.21. The van der Waals surface area contributed by atoms with E-state index in [1.54, 1.807) is 18.3 Å². The number of piperazine rings is 1. The number of carbonyl (C=O) groups is 2. The number of nitrogens with zero attached hydrogens (tertiary/aromatic N) is 4. The lowest BCUT2D eigenvalue weighted by Gasteiger charge is -2.34. The standard InChI is InChI=1S/C28H26ClN5O2/c29-24-11-4-5-12-25(24)31-27(35)20-32-15-17-33(18-16-32)28(36)22-9-6-10-23(19-22)34-26(13-14-30-34)21-7-2-1-3-8-21/h1-14,19H,15-18,20H2,(H,31,35). The van der Waals surface area contributed by atoms with E-state index in [2.05, 4.69) is 10.4 Å². The van der Waals surface area contributed by atoms with E-state index in [1.165, 1.54) is 0 Å². The highest BCUT2D eigenvalue weighted by Gasteiger charge is 2.24. The van der Waals surface area contributed by atoms with Gasteiger partial charge in [-0.25, -0.2) is 4.68 Å². The van der Waals surface area contributed by atoms with Gasteiger partial charge in [-0.2, -0.15) is 5.10 Å². The molecule has 0 atom stereocenters. The molecule has 0 saturated carbocycles. The largest absolute Gasteiger partial charge is 0.336 e. The van der Waals surface area contributed by atoms with Crippen LogP contribution in [0.5, 0.6) is 0 Å². The number of anilines is 1. The average Bonchev–Trinajstić information content (AvgIpc) is 3.41. The predicted octanol–water partition coefficient (Wildman–Crippen LogP) is 4.59. The quantitative estimate of drug-likeness (QED) is 0.421. The highest BCUT2D eigenvalue weighted by molar-refractivity contribution is 6.33. The normalized spacial score (nSPS) is 14.0. The molecule has 1 N–H and O–H groups in total. The Bertz CT molecular complexity index is 1360. The summed E-state index contributed by atoms with van der Waals surface area (Å²) in [6.07, 6.45) is 1.76. The van der Waals surface area contributed by atoms with Crippen LogP contribution in [0.4, 0.5) is 5.69 Å². The number of amides is 2. The van der Waals surface area contributed by atoms with Crippen LogP contribution < -0.4 is 5.32 Å². The summed E-state index contributed by atoms with van der Waals surface area (Å²) in [5.74, 6) is -0.144. The maximum absolute atomic E-state index is 13.3. The zero-order chi connectivity index (χ0) is 24.9. The van der Waals surface area contributed by atoms with Crippen LogP contribution in [-0.2, 0) is 4.79 Å². The second-order valence-electron chi connectivity index (χ2n) is 8.64. The van der Waals surface area contributed by atoms with Crippen LogP contribution in [0, 0.1) is 0 Å². The lowest BCUT2D eigenvalue weighted by molar-refractivity contribution is -0.117. The first kappa shape index (κ1) is 23.8. The van der Waals surface area contributed by atoms with E-state index in [1.807, 2.05) is 87.3 Å². The van der Waals surface area contributed by atoms with Gasteiger partial charge >= 0.3 is 0 Å². The second kappa shape index (κ2) is 10.8. The van der Waals surface area contributed by atoms with Gasteiger partial charge in [-0.3, -0.25) is 14.5 Å². The Morgan fingerprint density at radius 1 is 0.861 bits per heavy atom. The van der Waals surface area contributed by atoms with Gasteiger partial charge in [-0.1, -0.05) is 60.1 Å². The number of halogens is 1. The van der Waals surface area contributed by atoms with E-state index in [-0.39, 0.29) is 18.4 Å². The van der Waals surface area contributed by atoms with Gasteiger partial charge in [-0.15, -0.1) is 0 Å². The van der Waals surface area contributed by atoms with E-state index in [9.17, 15) is 9.59 Å². The average molecular weight is 500 g/mol. The molecule has 4 aromatic rings. The number of carbonyl (C=O) groups excluding carboxylic acids is 2. The number of benzene rings is 3. The molecule has 0 unspecified atom stereocenters. The Labute approximate surface area is 214 Å². The molecule has 0 radical (unpaired) electrons. The summed E-state index contributed by atoms with van der Waals surface area (Å²) in [4.78, 5) is 29.6. The van der Waals surface area contributed by atoms with E-state index in [0.717, 1.165) is 16.9 Å². The van der Waals surface area contributed by atoms with E-state index >= 15 is 0 Å². The van der Waals surface area contributed by atoms with Crippen LogP contribution >= 0.6 is 11.6 Å². The first-order valence-electron chi connectivity index (χ1n) is 11.8. The Morgan fingerprint density at radius 2 is 1.61 bits per heavy atom. The highest BCUT2D eigenvalue weighted by atomic mass is 35.5. The topological polar surface area (TPSA) is 70.5 Å². The first-order valence-corrected chi connectivity index (χ1v) is 12.2. The fraction of sp³-hybridized carbons (Fsp3) is 0.179. The number of para-hydroxylation sites is 1. The highest BCUT2D eigenvalue weighted by Crippen LogP contribution is 2.23. The first-order chi connectivity index (χ1) is 17.6. The molecule has 0 aliphatic carbocycles. The SMILES string of the molecule is O=C(CN1CCN(C(=O)c2cccc(-n3nccc3-c3ccccc3)c2)CC1)Nc1ccccc1Cl. The van der Waals surface area contributed by atoms with Crippen LogP contribution in [0.3, 0.4) is 0 Å². The molecule has 3 aromatic carbocycles. The molecule has 0 bridgehead atoms. The van der Waals surface area contributed by atoms with Gasteiger partial charge in [0.25, 0.3) is 5.91 Å². The summed E-state index contributed by atoms with van der Waals surface area (Å²) in [6.45, 7) is 2.61. The third kappa shape index (κ3) is 5.32. The molecule has 1 fully saturated rings. The van der Waals surface area contributed by atoms with Gasteiger partial charge in [0, 0.05) is 37.3 Å². The molecule has 2 heterocycles. The molecule has 8 heteroatoms. The van der Waals surface area contributed by atoms with Crippen molar-refractivity contribution >= 4 is 29.1 Å². The van der Waals surface area contributed by atoms with Crippen LogP contribution in [0.2, 0.25) is 5.02 Å². The van der Waals surface area contributed by atoms with E-state index < -0.39 is 0 Å². The van der Waals surface area contributed by atoms with E-state index in [4.69, 9.17) is 11.6 Å². The van der Waals surface area contributed by atoms with Crippen molar-refractivity contribution in [2.24, 2.45) is 0 Å². The fourth-order valence-corrected chi connectivity index (χ4v) is 4.54. The molecule has 0 spiro atoms. The Morgan fingerprint density at radius 3 is 2.39 bits per heavy atom. The lowest BCUT2D eigenvalue weighted by Crippen LogP contribution is -2.50. The zero-order valence-corrected chi connectivity index (χ0v) is 20.4. The smallest absolute Gasteiger partial charge is 0.254 e. The summed E-state index contributed by atoms with van der Waals surface area (Å²) >= 11 is 6.13. The third-order valence-corrected chi connectivity index (χ3v) is 6.55. The minimum absolute atomic E-state index is 0.0227. The van der Waals surface area contributed by atoms with E-state index in [0.29, 0.717) is 42.5 Å². The minimum atomic E-state index is -0.121. The maximum Gasteiger partial charge on any atom is 0.254 e. The van der Waals surface area contributed by atoms with Gasteiger partial charge in [-0.05, 0) is 36.4 Å². The van der Waals surface area contributed by atoms with Gasteiger partial charge in [0.2, 0.25) is 5.91 Å². The summed E-state index contributed by atoms with van der Waals surface area (Å²) in [5.41, 5.74) is 4.07. The number of aromatic nitrogens is 2. The molecule has 2 amide bonds. The summed E-state index contributed by atoms with van der Waals surface area (Å²) in [5, 5.41) is 7.85. The molecule has 1 aliphatic heterocycles. The number of hydrogen-bond donors (Lipinski definition) is 1. The third-order valence-electron chi connectivity index (χ3n) is 6.22. The Kier molecular flexibility index (Phi) is 7.11. The van der Waals surface area contributed by atoms with Crippen molar-refractivity contribution in [2.45, 2.75) is 0 Å². The van der Waals surface area contributed by atoms with Crippen LogP contribution in [0.25, 0.3) is 16.9 Å². The molecule has 5 rings (SSSR count). The molecular weight excluding hydrogens is 474 g/mol. The summed E-state index contributed by atoms with van der Waals surface area (Å²) in [7, 11) is 0. The number of hydrogen-bond acceptors (Lipinski definition) is 4. The number of rotatable bonds is 6. The molecule has 7 nitrogen and oxygen atoms in total. The molecule has 1 aromatic heterocycles. The van der Waals surface area contributed by atoms with Crippen molar-refractivity contribution in [1.82, 2.24) is 19.6 Å². The Hall–Kier alpha value is -3.94. The van der Waals surface area contributed by atoms with Crippen molar-refractivity contribution in [3.8, 4) is 16.9 Å². The predicted molar refractivity (Wildman–Crippen MR) is 141 cm³/mol. The molecule has 1 saturated heterocycles. The summed E-state index contributed by atoms with van der Waals surface area (Å²) in [6, 6.07) is 26.7. The van der Waals surface area contributed by atoms with Crippen LogP contribution in [0.1, 0.15) is 10.4 Å². The van der Waals surface area contributed by atoms with Gasteiger partial charge in [0.1, 0.15) is 0 Å². The van der Waals surface area contributed by atoms with Gasteiger partial charge in [0.15, 0.2) is 0 Å². The molecule has 36 heavy (non-hydrogen) atoms. The van der Waals surface area contributed by atoms with Crippen molar-refractivity contribution in [3.05, 3.63) is 102 Å². The zero-order valence-electron chi connectivity index (χ0n) is 19.7. The maximum atomic E-state index is 13.3. The monoisotopic (exact) mass is 499 g/mol. The van der Waals surface area contributed by atoms with Crippen LogP contribution in [-0.4, -0.2) is 64.1 Å². The van der Waals surface area contributed by atoms with Crippen molar-refractivity contribution < 1.29 is 9.59 Å².